The molecule has 2 aliphatic rings. The number of aromatic nitrogens is 3. The minimum absolute atomic E-state index is 0.0406. The number of nitrogens with two attached hydrogens (primary N) is 1. The fourth-order valence-electron chi connectivity index (χ4n) is 3.76. The van der Waals surface area contributed by atoms with Crippen LogP contribution in [0.1, 0.15) is 32.0 Å². The highest BCUT2D eigenvalue weighted by Gasteiger charge is 2.54. The van der Waals surface area contributed by atoms with Crippen LogP contribution in [-0.4, -0.2) is 84.3 Å². The summed E-state index contributed by atoms with van der Waals surface area (Å²) in [6.07, 6.45) is 4.98. The van der Waals surface area contributed by atoms with Gasteiger partial charge < -0.3 is 30.5 Å². The van der Waals surface area contributed by atoms with Crippen molar-refractivity contribution in [1.82, 2.24) is 25.2 Å². The molecule has 1 unspecified atom stereocenters. The number of nitrogens with one attached hydrogen (secondary N) is 1. The summed E-state index contributed by atoms with van der Waals surface area (Å²) in [4.78, 5) is 64.2. The molecule has 17 heteroatoms. The van der Waals surface area contributed by atoms with Crippen molar-refractivity contribution >= 4 is 64.0 Å². The second-order valence-corrected chi connectivity index (χ2v) is 10.8. The molecule has 2 amide bonds. The number of hydrogen-bond acceptors (Lipinski definition) is 15. The number of thiazole rings is 1. The van der Waals surface area contributed by atoms with Gasteiger partial charge in [-0.2, -0.15) is 0 Å². The van der Waals surface area contributed by atoms with E-state index in [-0.39, 0.29) is 22.3 Å². The summed E-state index contributed by atoms with van der Waals surface area (Å²) >= 11 is 2.33. The van der Waals surface area contributed by atoms with Crippen molar-refractivity contribution in [2.75, 3.05) is 11.5 Å². The quantitative estimate of drug-likeness (QED) is 0.0928. The Morgan fingerprint density at radius 3 is 2.56 bits per heavy atom. The topological polar surface area (TPSA) is 209 Å². The molecule has 2 aromatic rings. The standard InChI is InChI=1S/C24H25N7O8S2/c1-11(2)37-24(35)39-12(3)38-22(34)18-14(5-4-13-6-26-10-27-7-13)8-40-21-17(20(33)31(18)21)29-19(32)16(30-36)15-9-41-23(25)28-15/h4-7,9-12,17,21,36H,8H2,1-3H3,(H2,25,28)(H,29,32)/b5-4-,30-16+/t12?,17-,21-/m1/s1. The maximum absolute atomic E-state index is 13.3. The number of nitrogen functional groups attached to an aromatic ring is 1. The molecule has 4 heterocycles. The maximum atomic E-state index is 13.3. The van der Waals surface area contributed by atoms with Gasteiger partial charge in [0.05, 0.1) is 6.10 Å². The normalized spacial score (nSPS) is 19.5. The molecule has 216 valence electrons. The zero-order valence-electron chi connectivity index (χ0n) is 21.9. The first-order valence-electron chi connectivity index (χ1n) is 12.0. The third-order valence-corrected chi connectivity index (χ3v) is 7.46. The number of carbonyl (C=O) groups is 4. The van der Waals surface area contributed by atoms with Crippen LogP contribution in [0.3, 0.4) is 0 Å². The molecular weight excluding hydrogens is 578 g/mol. The van der Waals surface area contributed by atoms with E-state index in [0.29, 0.717) is 11.1 Å². The third-order valence-electron chi connectivity index (χ3n) is 5.48. The summed E-state index contributed by atoms with van der Waals surface area (Å²) in [5, 5.41) is 15.8. The van der Waals surface area contributed by atoms with Gasteiger partial charge in [-0.15, -0.1) is 23.1 Å². The first kappa shape index (κ1) is 29.5. The monoisotopic (exact) mass is 603 g/mol. The predicted octanol–water partition coefficient (Wildman–Crippen LogP) is 1.51. The number of hydrogen-bond donors (Lipinski definition) is 3. The van der Waals surface area contributed by atoms with Crippen molar-refractivity contribution in [2.24, 2.45) is 5.16 Å². The summed E-state index contributed by atoms with van der Waals surface area (Å²) in [6.45, 7) is 4.59. The summed E-state index contributed by atoms with van der Waals surface area (Å²) in [7, 11) is 0. The zero-order chi connectivity index (χ0) is 29.7. The average molecular weight is 604 g/mol. The highest BCUT2D eigenvalue weighted by Crippen LogP contribution is 2.41. The lowest BCUT2D eigenvalue weighted by atomic mass is 10.0. The van der Waals surface area contributed by atoms with Gasteiger partial charge in [-0.1, -0.05) is 17.3 Å². The van der Waals surface area contributed by atoms with E-state index in [9.17, 15) is 24.4 Å². The lowest BCUT2D eigenvalue weighted by molar-refractivity contribution is -0.169. The molecule has 0 spiro atoms. The van der Waals surface area contributed by atoms with Gasteiger partial charge in [-0.3, -0.25) is 14.5 Å². The molecule has 0 aliphatic carbocycles. The summed E-state index contributed by atoms with van der Waals surface area (Å²) in [5.41, 5.74) is 6.21. The Labute approximate surface area is 241 Å². The highest BCUT2D eigenvalue weighted by molar-refractivity contribution is 8.00. The maximum Gasteiger partial charge on any atom is 0.511 e. The third kappa shape index (κ3) is 6.80. The zero-order valence-corrected chi connectivity index (χ0v) is 23.5. The molecule has 0 bridgehead atoms. The number of nitrogens with zero attached hydrogens (tertiary/aromatic N) is 5. The van der Waals surface area contributed by atoms with Crippen LogP contribution in [0.4, 0.5) is 9.93 Å². The lowest BCUT2D eigenvalue weighted by Gasteiger charge is -2.49. The molecule has 2 aliphatic heterocycles. The van der Waals surface area contributed by atoms with Gasteiger partial charge in [0.1, 0.15) is 29.1 Å². The number of rotatable bonds is 9. The van der Waals surface area contributed by atoms with Crippen LogP contribution < -0.4 is 11.1 Å². The van der Waals surface area contributed by atoms with Gasteiger partial charge in [0.25, 0.3) is 11.8 Å². The number of β-lactam (4-membered cyclic amide) rings is 1. The molecule has 0 aromatic carbocycles. The first-order chi connectivity index (χ1) is 19.6. The number of amides is 2. The van der Waals surface area contributed by atoms with E-state index in [1.807, 2.05) is 0 Å². The van der Waals surface area contributed by atoms with Crippen LogP contribution in [0.2, 0.25) is 0 Å². The van der Waals surface area contributed by atoms with Crippen LogP contribution in [0, 0.1) is 0 Å². The van der Waals surface area contributed by atoms with Gasteiger partial charge in [-0.25, -0.2) is 24.5 Å². The van der Waals surface area contributed by atoms with E-state index in [4.69, 9.17) is 19.9 Å². The van der Waals surface area contributed by atoms with Gasteiger partial charge in [0.15, 0.2) is 10.8 Å². The molecular formula is C24H25N7O8S2. The minimum atomic E-state index is -1.33. The Morgan fingerprint density at radius 2 is 1.93 bits per heavy atom. The molecule has 1 saturated heterocycles. The molecule has 4 rings (SSSR count). The number of carbonyl (C=O) groups excluding carboxylic acids is 4. The Hall–Kier alpha value is -4.51. The molecule has 0 saturated carbocycles. The van der Waals surface area contributed by atoms with Crippen LogP contribution >= 0.6 is 23.1 Å². The van der Waals surface area contributed by atoms with E-state index in [1.165, 1.54) is 35.3 Å². The highest BCUT2D eigenvalue weighted by atomic mass is 32.2. The molecule has 4 N–H and O–H groups in total. The second kappa shape index (κ2) is 12.8. The van der Waals surface area contributed by atoms with E-state index >= 15 is 0 Å². The Kier molecular flexibility index (Phi) is 9.18. The Morgan fingerprint density at radius 1 is 1.20 bits per heavy atom. The van der Waals surface area contributed by atoms with Crippen molar-refractivity contribution in [1.29, 1.82) is 0 Å². The Bertz CT molecular complexity index is 1430. The second-order valence-electron chi connectivity index (χ2n) is 8.77. The minimum Gasteiger partial charge on any atom is -0.431 e. The van der Waals surface area contributed by atoms with Crippen molar-refractivity contribution in [2.45, 2.75) is 44.6 Å². The smallest absolute Gasteiger partial charge is 0.431 e. The van der Waals surface area contributed by atoms with Crippen LogP contribution in [0.25, 0.3) is 6.08 Å². The fourth-order valence-corrected chi connectivity index (χ4v) is 5.63. The molecule has 0 radical (unpaired) electrons. The lowest BCUT2D eigenvalue weighted by Crippen LogP contribution is -2.71. The molecule has 2 aromatic heterocycles. The number of anilines is 1. The Balaban J connectivity index is 1.55. The predicted molar refractivity (Wildman–Crippen MR) is 146 cm³/mol. The van der Waals surface area contributed by atoms with Crippen molar-refractivity contribution < 1.29 is 38.6 Å². The van der Waals surface area contributed by atoms with E-state index in [2.05, 4.69) is 25.4 Å². The van der Waals surface area contributed by atoms with Gasteiger partial charge >= 0.3 is 12.1 Å². The largest absolute Gasteiger partial charge is 0.511 e. The molecule has 3 atom stereocenters. The van der Waals surface area contributed by atoms with Crippen LogP contribution in [0.5, 0.6) is 0 Å². The average Bonchev–Trinajstić information content (AvgIpc) is 3.35. The number of esters is 1. The van der Waals surface area contributed by atoms with E-state index in [1.54, 1.807) is 38.4 Å². The molecule has 41 heavy (non-hydrogen) atoms. The van der Waals surface area contributed by atoms with E-state index in [0.717, 1.165) is 11.3 Å². The van der Waals surface area contributed by atoms with Gasteiger partial charge in [0.2, 0.25) is 6.29 Å². The SMILES string of the molecule is CC(C)OC(=O)OC(C)OC(=O)C1=C(/C=C\c2cncnc2)CS[C@@H]2[C@H](NC(=O)/C(=N/O)c3csc(N)n3)C(=O)N12. The van der Waals surface area contributed by atoms with Crippen molar-refractivity contribution in [3.05, 3.63) is 52.7 Å². The number of ether oxygens (including phenoxy) is 3. The first-order valence-corrected chi connectivity index (χ1v) is 13.9. The van der Waals surface area contributed by atoms with Crippen molar-refractivity contribution in [3.8, 4) is 0 Å². The van der Waals surface area contributed by atoms with Crippen LogP contribution in [-0.2, 0) is 28.6 Å². The van der Waals surface area contributed by atoms with Crippen molar-refractivity contribution in [3.63, 3.8) is 0 Å². The summed E-state index contributed by atoms with van der Waals surface area (Å²) in [5.74, 6) is -2.15. The summed E-state index contributed by atoms with van der Waals surface area (Å²) in [6, 6.07) is -1.05. The number of oxime groups is 1. The number of fused-ring (bicyclic) bond motifs is 1. The summed E-state index contributed by atoms with van der Waals surface area (Å²) < 4.78 is 15.2. The number of allylic oxidation sites excluding steroid dienone is 1. The van der Waals surface area contributed by atoms with Crippen LogP contribution in [0.15, 0.2) is 46.6 Å². The molecule has 15 nitrogen and oxygen atoms in total. The van der Waals surface area contributed by atoms with Gasteiger partial charge in [0, 0.05) is 36.0 Å². The van der Waals surface area contributed by atoms with E-state index < -0.39 is 53.5 Å². The molecule has 1 fully saturated rings. The number of thioether (sulfide) groups is 1. The fraction of sp³-hybridized carbons (Fsp3) is 0.333. The van der Waals surface area contributed by atoms with Gasteiger partial charge in [-0.05, 0) is 19.4 Å².